The van der Waals surface area contributed by atoms with E-state index >= 15 is 0 Å². The molecule has 110 valence electrons. The molecule has 0 amide bonds. The lowest BCUT2D eigenvalue weighted by Gasteiger charge is -2.08. The Kier molecular flexibility index (Phi) is 4.65. The van der Waals surface area contributed by atoms with E-state index in [4.69, 9.17) is 26.8 Å². The second-order valence-corrected chi connectivity index (χ2v) is 4.74. The van der Waals surface area contributed by atoms with Crippen LogP contribution in [-0.4, -0.2) is 13.1 Å². The third-order valence-electron chi connectivity index (χ3n) is 2.77. The number of esters is 1. The molecule has 0 aliphatic carbocycles. The van der Waals surface area contributed by atoms with Crippen molar-refractivity contribution in [1.82, 2.24) is 0 Å². The number of anilines is 1. The number of ether oxygens (including phenoxy) is 2. The molecule has 0 bridgehead atoms. The second kappa shape index (κ2) is 6.45. The molecule has 0 unspecified atom stereocenters. The van der Waals surface area contributed by atoms with E-state index in [9.17, 15) is 9.18 Å². The topological polar surface area (TPSA) is 61.5 Å². The molecule has 2 rings (SSSR count). The molecule has 0 spiro atoms. The molecule has 21 heavy (non-hydrogen) atoms. The van der Waals surface area contributed by atoms with Crippen LogP contribution in [0.1, 0.15) is 15.9 Å². The highest BCUT2D eigenvalue weighted by molar-refractivity contribution is 6.31. The minimum Gasteiger partial charge on any atom is -0.497 e. The number of methoxy groups -OCH3 is 1. The lowest BCUT2D eigenvalue weighted by atomic mass is 10.2. The molecule has 0 radical (unpaired) electrons. The van der Waals surface area contributed by atoms with Gasteiger partial charge in [-0.25, -0.2) is 9.18 Å². The number of nitrogens with two attached hydrogens (primary N) is 1. The zero-order valence-electron chi connectivity index (χ0n) is 11.2. The van der Waals surface area contributed by atoms with Gasteiger partial charge in [0.1, 0.15) is 18.2 Å². The first kappa shape index (κ1) is 15.1. The molecule has 4 nitrogen and oxygen atoms in total. The maximum absolute atomic E-state index is 13.7. The summed E-state index contributed by atoms with van der Waals surface area (Å²) in [5, 5.41) is 0.331. The fraction of sp³-hybridized carbons (Fsp3) is 0.133. The molecule has 0 heterocycles. The van der Waals surface area contributed by atoms with Crippen molar-refractivity contribution in [3.8, 4) is 5.75 Å². The average molecular weight is 310 g/mol. The van der Waals surface area contributed by atoms with Crippen molar-refractivity contribution < 1.29 is 18.7 Å². The van der Waals surface area contributed by atoms with Crippen LogP contribution in [0.3, 0.4) is 0 Å². The Bertz CT molecular complexity index is 656. The number of hydrogen-bond donors (Lipinski definition) is 1. The number of carbonyl (C=O) groups excluding carboxylic acids is 1. The van der Waals surface area contributed by atoms with Crippen LogP contribution in [0.2, 0.25) is 5.02 Å². The van der Waals surface area contributed by atoms with Crippen LogP contribution in [0.4, 0.5) is 10.1 Å². The van der Waals surface area contributed by atoms with Gasteiger partial charge in [0.2, 0.25) is 0 Å². The third kappa shape index (κ3) is 3.86. The molecular formula is C15H13ClFNO3. The van der Waals surface area contributed by atoms with Crippen LogP contribution >= 0.6 is 11.6 Å². The average Bonchev–Trinajstić information content (AvgIpc) is 2.44. The number of benzene rings is 2. The van der Waals surface area contributed by atoms with Gasteiger partial charge in [0, 0.05) is 22.3 Å². The first-order valence-electron chi connectivity index (χ1n) is 6.05. The fourth-order valence-corrected chi connectivity index (χ4v) is 1.97. The van der Waals surface area contributed by atoms with Gasteiger partial charge in [-0.1, -0.05) is 11.6 Å². The van der Waals surface area contributed by atoms with Crippen molar-refractivity contribution in [3.63, 3.8) is 0 Å². The lowest BCUT2D eigenvalue weighted by Crippen LogP contribution is -2.07. The highest BCUT2D eigenvalue weighted by atomic mass is 35.5. The molecule has 6 heteroatoms. The van der Waals surface area contributed by atoms with Crippen molar-refractivity contribution in [2.75, 3.05) is 12.8 Å². The molecule has 0 fully saturated rings. The first-order chi connectivity index (χ1) is 9.99. The molecule has 2 N–H and O–H groups in total. The molecule has 0 aliphatic heterocycles. The summed E-state index contributed by atoms with van der Waals surface area (Å²) in [4.78, 5) is 11.9. The first-order valence-corrected chi connectivity index (χ1v) is 6.43. The standard InChI is InChI=1S/C15H13ClFNO3/c1-20-13-3-2-9(14(17)7-13)8-21-15(19)10-4-11(16)6-12(18)5-10/h2-7H,8,18H2,1H3. The van der Waals surface area contributed by atoms with Crippen molar-refractivity contribution in [2.45, 2.75) is 6.61 Å². The Balaban J connectivity index is 2.07. The summed E-state index contributed by atoms with van der Waals surface area (Å²) < 4.78 is 23.6. The molecule has 2 aromatic rings. The van der Waals surface area contributed by atoms with E-state index in [2.05, 4.69) is 0 Å². The van der Waals surface area contributed by atoms with Crippen LogP contribution in [-0.2, 0) is 11.3 Å². The third-order valence-corrected chi connectivity index (χ3v) is 2.99. The fourth-order valence-electron chi connectivity index (χ4n) is 1.73. The molecular weight excluding hydrogens is 297 g/mol. The molecule has 2 aromatic carbocycles. The van der Waals surface area contributed by atoms with E-state index in [-0.39, 0.29) is 17.7 Å². The van der Waals surface area contributed by atoms with Gasteiger partial charge in [-0.05, 0) is 30.3 Å². The summed E-state index contributed by atoms with van der Waals surface area (Å²) in [6.07, 6.45) is 0. The summed E-state index contributed by atoms with van der Waals surface area (Å²) in [5.41, 5.74) is 6.41. The number of hydrogen-bond acceptors (Lipinski definition) is 4. The zero-order valence-corrected chi connectivity index (χ0v) is 12.0. The van der Waals surface area contributed by atoms with Gasteiger partial charge >= 0.3 is 5.97 Å². The summed E-state index contributed by atoms with van der Waals surface area (Å²) in [5.74, 6) is -0.739. The normalized spacial score (nSPS) is 10.2. The molecule has 0 aromatic heterocycles. The van der Waals surface area contributed by atoms with Crippen molar-refractivity contribution in [2.24, 2.45) is 0 Å². The van der Waals surface area contributed by atoms with Gasteiger partial charge in [-0.3, -0.25) is 0 Å². The van der Waals surface area contributed by atoms with Crippen LogP contribution in [0.5, 0.6) is 5.75 Å². The van der Waals surface area contributed by atoms with Gasteiger partial charge < -0.3 is 15.2 Å². The smallest absolute Gasteiger partial charge is 0.338 e. The minimum absolute atomic E-state index is 0.193. The SMILES string of the molecule is COc1ccc(COC(=O)c2cc(N)cc(Cl)c2)c(F)c1. The summed E-state index contributed by atoms with van der Waals surface area (Å²) in [6, 6.07) is 8.70. The van der Waals surface area contributed by atoms with Crippen LogP contribution < -0.4 is 10.5 Å². The zero-order chi connectivity index (χ0) is 15.4. The molecule has 0 atom stereocenters. The second-order valence-electron chi connectivity index (χ2n) is 4.31. The predicted octanol–water partition coefficient (Wildman–Crippen LogP) is 3.43. The quantitative estimate of drug-likeness (QED) is 0.694. The Morgan fingerprint density at radius 3 is 2.67 bits per heavy atom. The van der Waals surface area contributed by atoms with Gasteiger partial charge in [-0.15, -0.1) is 0 Å². The number of halogens is 2. The summed E-state index contributed by atoms with van der Waals surface area (Å²) in [7, 11) is 1.44. The highest BCUT2D eigenvalue weighted by Crippen LogP contribution is 2.19. The van der Waals surface area contributed by atoms with Gasteiger partial charge in [0.05, 0.1) is 12.7 Å². The van der Waals surface area contributed by atoms with E-state index < -0.39 is 11.8 Å². The predicted molar refractivity (Wildman–Crippen MR) is 77.9 cm³/mol. The van der Waals surface area contributed by atoms with E-state index in [1.165, 1.54) is 37.4 Å². The Labute approximate surface area is 126 Å². The van der Waals surface area contributed by atoms with Crippen LogP contribution in [0.15, 0.2) is 36.4 Å². The Morgan fingerprint density at radius 1 is 1.29 bits per heavy atom. The van der Waals surface area contributed by atoms with Crippen molar-refractivity contribution >= 4 is 23.3 Å². The van der Waals surface area contributed by atoms with E-state index in [1.807, 2.05) is 0 Å². The monoisotopic (exact) mass is 309 g/mol. The largest absolute Gasteiger partial charge is 0.497 e. The minimum atomic E-state index is -0.626. The van der Waals surface area contributed by atoms with Gasteiger partial charge in [0.25, 0.3) is 0 Å². The Hall–Kier alpha value is -2.27. The van der Waals surface area contributed by atoms with E-state index in [1.54, 1.807) is 6.07 Å². The lowest BCUT2D eigenvalue weighted by molar-refractivity contribution is 0.0469. The maximum atomic E-state index is 13.7. The van der Waals surface area contributed by atoms with E-state index in [0.717, 1.165) is 0 Å². The number of nitrogen functional groups attached to an aromatic ring is 1. The maximum Gasteiger partial charge on any atom is 0.338 e. The molecule has 0 aliphatic rings. The van der Waals surface area contributed by atoms with Crippen molar-refractivity contribution in [1.29, 1.82) is 0 Å². The highest BCUT2D eigenvalue weighted by Gasteiger charge is 2.11. The summed E-state index contributed by atoms with van der Waals surface area (Å²) in [6.45, 7) is -0.193. The molecule has 0 saturated carbocycles. The van der Waals surface area contributed by atoms with E-state index in [0.29, 0.717) is 16.5 Å². The number of rotatable bonds is 4. The Morgan fingerprint density at radius 2 is 2.05 bits per heavy atom. The number of carbonyl (C=O) groups is 1. The van der Waals surface area contributed by atoms with Crippen LogP contribution in [0, 0.1) is 5.82 Å². The summed E-state index contributed by atoms with van der Waals surface area (Å²) >= 11 is 5.81. The molecule has 0 saturated heterocycles. The van der Waals surface area contributed by atoms with Crippen molar-refractivity contribution in [3.05, 3.63) is 58.4 Å². The van der Waals surface area contributed by atoms with Crippen LogP contribution in [0.25, 0.3) is 0 Å². The van der Waals surface area contributed by atoms with Gasteiger partial charge in [0.15, 0.2) is 0 Å². The van der Waals surface area contributed by atoms with Gasteiger partial charge in [-0.2, -0.15) is 0 Å².